The van der Waals surface area contributed by atoms with Gasteiger partial charge in [0.2, 0.25) is 0 Å². The molecule has 0 spiro atoms. The largest absolute Gasteiger partial charge is 0.382 e. The summed E-state index contributed by atoms with van der Waals surface area (Å²) in [4.78, 5) is 11.2. The summed E-state index contributed by atoms with van der Waals surface area (Å²) in [5.74, 6) is 1.12. The highest BCUT2D eigenvalue weighted by Gasteiger charge is 2.18. The van der Waals surface area contributed by atoms with Crippen molar-refractivity contribution in [2.24, 2.45) is 5.73 Å². The number of aromatic nitrogens is 2. The molecule has 2 aromatic rings. The second-order valence-electron chi connectivity index (χ2n) is 5.74. The molecule has 4 N–H and O–H groups in total. The average Bonchev–Trinajstić information content (AvgIpc) is 2.75. The SMILES string of the molecule is Nc1nc(N2CCCC(N)CC2)cnc1-c1cccc(Cl)c1Cl. The molecule has 0 bridgehead atoms. The fourth-order valence-corrected chi connectivity index (χ4v) is 3.18. The number of nitrogen functional groups attached to an aromatic ring is 1. The molecule has 1 fully saturated rings. The third-order valence-corrected chi connectivity index (χ3v) is 4.91. The van der Waals surface area contributed by atoms with Crippen molar-refractivity contribution < 1.29 is 0 Å². The highest BCUT2D eigenvalue weighted by molar-refractivity contribution is 6.43. The lowest BCUT2D eigenvalue weighted by Gasteiger charge is -2.22. The molecular weight excluding hydrogens is 333 g/mol. The van der Waals surface area contributed by atoms with E-state index in [9.17, 15) is 0 Å². The van der Waals surface area contributed by atoms with Crippen molar-refractivity contribution in [2.75, 3.05) is 23.7 Å². The van der Waals surface area contributed by atoms with Gasteiger partial charge in [0.1, 0.15) is 11.5 Å². The van der Waals surface area contributed by atoms with Gasteiger partial charge in [-0.1, -0.05) is 35.3 Å². The zero-order valence-electron chi connectivity index (χ0n) is 12.7. The number of nitrogens with two attached hydrogens (primary N) is 2. The summed E-state index contributed by atoms with van der Waals surface area (Å²) in [5, 5.41) is 0.902. The van der Waals surface area contributed by atoms with Gasteiger partial charge in [0, 0.05) is 24.7 Å². The predicted molar refractivity (Wildman–Crippen MR) is 95.9 cm³/mol. The van der Waals surface area contributed by atoms with Crippen LogP contribution in [0.15, 0.2) is 24.4 Å². The van der Waals surface area contributed by atoms with Crippen LogP contribution in [0, 0.1) is 0 Å². The van der Waals surface area contributed by atoms with Gasteiger partial charge in [0.15, 0.2) is 5.82 Å². The van der Waals surface area contributed by atoms with Crippen molar-refractivity contribution >= 4 is 34.8 Å². The third kappa shape index (κ3) is 3.52. The molecule has 23 heavy (non-hydrogen) atoms. The van der Waals surface area contributed by atoms with Crippen molar-refractivity contribution in [3.8, 4) is 11.3 Å². The van der Waals surface area contributed by atoms with Crippen molar-refractivity contribution in [3.63, 3.8) is 0 Å². The van der Waals surface area contributed by atoms with Crippen LogP contribution in [-0.4, -0.2) is 29.1 Å². The van der Waals surface area contributed by atoms with Gasteiger partial charge in [-0.05, 0) is 25.3 Å². The van der Waals surface area contributed by atoms with Crippen LogP contribution in [0.25, 0.3) is 11.3 Å². The fourth-order valence-electron chi connectivity index (χ4n) is 2.79. The molecule has 1 aromatic heterocycles. The van der Waals surface area contributed by atoms with Gasteiger partial charge >= 0.3 is 0 Å². The number of anilines is 2. The monoisotopic (exact) mass is 351 g/mol. The molecule has 5 nitrogen and oxygen atoms in total. The summed E-state index contributed by atoms with van der Waals surface area (Å²) >= 11 is 12.3. The Bertz CT molecular complexity index is 707. The highest BCUT2D eigenvalue weighted by atomic mass is 35.5. The first-order valence-corrected chi connectivity index (χ1v) is 8.39. The van der Waals surface area contributed by atoms with Crippen LogP contribution in [-0.2, 0) is 0 Å². The van der Waals surface area contributed by atoms with E-state index in [0.29, 0.717) is 27.1 Å². The Kier molecular flexibility index (Phi) is 4.90. The van der Waals surface area contributed by atoms with Gasteiger partial charge < -0.3 is 16.4 Å². The molecule has 3 rings (SSSR count). The van der Waals surface area contributed by atoms with Gasteiger partial charge in [0.05, 0.1) is 16.2 Å². The maximum atomic E-state index is 6.25. The summed E-state index contributed by atoms with van der Waals surface area (Å²) in [6.45, 7) is 1.78. The van der Waals surface area contributed by atoms with Crippen molar-refractivity contribution in [3.05, 3.63) is 34.4 Å². The maximum absolute atomic E-state index is 6.25. The Hall–Kier alpha value is -1.56. The summed E-state index contributed by atoms with van der Waals surface area (Å²) in [6.07, 6.45) is 4.77. The first-order valence-electron chi connectivity index (χ1n) is 7.63. The average molecular weight is 352 g/mol. The van der Waals surface area contributed by atoms with Crippen LogP contribution in [0.5, 0.6) is 0 Å². The smallest absolute Gasteiger partial charge is 0.152 e. The Balaban J connectivity index is 1.90. The standard InChI is InChI=1S/C16H19Cl2N5/c17-12-5-1-4-11(14(12)18)15-16(20)22-13(9-21-15)23-7-2-3-10(19)6-8-23/h1,4-5,9-10H,2-3,6-8,19H2,(H2,20,22). The topological polar surface area (TPSA) is 81.1 Å². The molecule has 0 radical (unpaired) electrons. The molecule has 122 valence electrons. The lowest BCUT2D eigenvalue weighted by Crippen LogP contribution is -2.27. The van der Waals surface area contributed by atoms with E-state index in [1.165, 1.54) is 0 Å². The number of hydrogen-bond donors (Lipinski definition) is 2. The number of nitrogens with zero attached hydrogens (tertiary/aromatic N) is 3. The predicted octanol–water partition coefficient (Wildman–Crippen LogP) is 3.35. The van der Waals surface area contributed by atoms with E-state index in [4.69, 9.17) is 34.7 Å². The van der Waals surface area contributed by atoms with E-state index in [1.54, 1.807) is 12.3 Å². The normalized spacial score (nSPS) is 18.7. The number of halogens is 2. The van der Waals surface area contributed by atoms with Gasteiger partial charge in [0.25, 0.3) is 0 Å². The number of rotatable bonds is 2. The van der Waals surface area contributed by atoms with E-state index in [2.05, 4.69) is 14.9 Å². The van der Waals surface area contributed by atoms with E-state index in [1.807, 2.05) is 12.1 Å². The first kappa shape index (κ1) is 16.3. The maximum Gasteiger partial charge on any atom is 0.152 e. The van der Waals surface area contributed by atoms with E-state index in [-0.39, 0.29) is 6.04 Å². The summed E-state index contributed by atoms with van der Waals surface area (Å²) < 4.78 is 0. The van der Waals surface area contributed by atoms with Crippen molar-refractivity contribution in [1.29, 1.82) is 0 Å². The van der Waals surface area contributed by atoms with Crippen molar-refractivity contribution in [1.82, 2.24) is 9.97 Å². The lowest BCUT2D eigenvalue weighted by molar-refractivity contribution is 0.601. The van der Waals surface area contributed by atoms with Crippen LogP contribution in [0.1, 0.15) is 19.3 Å². The molecule has 0 amide bonds. The highest BCUT2D eigenvalue weighted by Crippen LogP contribution is 2.35. The van der Waals surface area contributed by atoms with E-state index < -0.39 is 0 Å². The first-order chi connectivity index (χ1) is 11.1. The molecule has 1 unspecified atom stereocenters. The van der Waals surface area contributed by atoms with Gasteiger partial charge in [-0.25, -0.2) is 9.97 Å². The summed E-state index contributed by atoms with van der Waals surface area (Å²) in [5.41, 5.74) is 13.4. The molecule has 7 heteroatoms. The Morgan fingerprint density at radius 1 is 1.17 bits per heavy atom. The zero-order valence-corrected chi connectivity index (χ0v) is 14.2. The second-order valence-corrected chi connectivity index (χ2v) is 6.53. The minimum atomic E-state index is 0.259. The zero-order chi connectivity index (χ0) is 16.4. The van der Waals surface area contributed by atoms with E-state index >= 15 is 0 Å². The molecule has 1 aromatic carbocycles. The minimum Gasteiger partial charge on any atom is -0.382 e. The van der Waals surface area contributed by atoms with Gasteiger partial charge in [-0.3, -0.25) is 0 Å². The molecule has 0 saturated carbocycles. The number of hydrogen-bond acceptors (Lipinski definition) is 5. The molecule has 2 heterocycles. The molecule has 1 aliphatic heterocycles. The van der Waals surface area contributed by atoms with Crippen LogP contribution in [0.3, 0.4) is 0 Å². The van der Waals surface area contributed by atoms with Crippen LogP contribution in [0.4, 0.5) is 11.6 Å². The summed E-state index contributed by atoms with van der Waals surface area (Å²) in [6, 6.07) is 5.63. The Morgan fingerprint density at radius 2 is 2.00 bits per heavy atom. The van der Waals surface area contributed by atoms with Crippen LogP contribution >= 0.6 is 23.2 Å². The molecular formula is C16H19Cl2N5. The van der Waals surface area contributed by atoms with Crippen molar-refractivity contribution in [2.45, 2.75) is 25.3 Å². The number of benzene rings is 1. The minimum absolute atomic E-state index is 0.259. The van der Waals surface area contributed by atoms with Crippen LogP contribution in [0.2, 0.25) is 10.0 Å². The Morgan fingerprint density at radius 3 is 2.78 bits per heavy atom. The molecule has 1 aliphatic rings. The fraction of sp³-hybridized carbons (Fsp3) is 0.375. The molecule has 1 saturated heterocycles. The second kappa shape index (κ2) is 6.91. The lowest BCUT2D eigenvalue weighted by atomic mass is 10.1. The van der Waals surface area contributed by atoms with Gasteiger partial charge in [-0.2, -0.15) is 0 Å². The quantitative estimate of drug-likeness (QED) is 0.866. The van der Waals surface area contributed by atoms with Gasteiger partial charge in [-0.15, -0.1) is 0 Å². The Labute approximate surface area is 145 Å². The van der Waals surface area contributed by atoms with Crippen LogP contribution < -0.4 is 16.4 Å². The summed E-state index contributed by atoms with van der Waals surface area (Å²) in [7, 11) is 0. The third-order valence-electron chi connectivity index (χ3n) is 4.09. The molecule has 1 atom stereocenters. The molecule has 0 aliphatic carbocycles. The van der Waals surface area contributed by atoms with E-state index in [0.717, 1.165) is 38.2 Å².